The summed E-state index contributed by atoms with van der Waals surface area (Å²) in [5, 5.41) is 2.69. The van der Waals surface area contributed by atoms with Crippen LogP contribution in [0.1, 0.15) is 12.5 Å². The second-order valence-corrected chi connectivity index (χ2v) is 2.95. The van der Waals surface area contributed by atoms with Gasteiger partial charge in [0.05, 0.1) is 12.8 Å². The molecule has 0 atom stereocenters. The fraction of sp³-hybridized carbons (Fsp3) is 0.273. The van der Waals surface area contributed by atoms with Crippen LogP contribution in [0.15, 0.2) is 24.3 Å². The van der Waals surface area contributed by atoms with Crippen LogP contribution in [-0.2, 0) is 20.9 Å². The minimum absolute atomic E-state index is 0.0560. The minimum Gasteiger partial charge on any atom is -0.380 e. The molecule has 4 nitrogen and oxygen atoms in total. The number of hydrogen-bond acceptors (Lipinski definition) is 3. The van der Waals surface area contributed by atoms with Crippen LogP contribution < -0.4 is 5.32 Å². The van der Waals surface area contributed by atoms with Gasteiger partial charge in [0.2, 0.25) is 5.91 Å². The second kappa shape index (κ2) is 8.67. The molecule has 0 heterocycles. The van der Waals surface area contributed by atoms with Crippen molar-refractivity contribution in [3.05, 3.63) is 29.8 Å². The highest BCUT2D eigenvalue weighted by Gasteiger charge is 1.95. The Hall–Kier alpha value is -1.62. The summed E-state index contributed by atoms with van der Waals surface area (Å²) in [5.41, 5.74) is 1.91. The van der Waals surface area contributed by atoms with Crippen LogP contribution in [-0.4, -0.2) is 27.0 Å². The van der Waals surface area contributed by atoms with Crippen LogP contribution in [0.2, 0.25) is 0 Å². The van der Waals surface area contributed by atoms with Crippen LogP contribution in [0.3, 0.4) is 0 Å². The van der Waals surface area contributed by atoms with Gasteiger partial charge in [-0.05, 0) is 17.7 Å². The van der Waals surface area contributed by atoms with Crippen molar-refractivity contribution in [2.24, 2.45) is 0 Å². The Morgan fingerprint density at radius 2 is 1.94 bits per heavy atom. The monoisotopic (exact) mass is 219 g/mol. The molecule has 0 aromatic heterocycles. The van der Waals surface area contributed by atoms with E-state index in [1.165, 1.54) is 6.92 Å². The van der Waals surface area contributed by atoms with Crippen LogP contribution in [0.25, 0.3) is 0 Å². The number of amides is 1. The van der Waals surface area contributed by atoms with Crippen LogP contribution >= 0.6 is 0 Å². The summed E-state index contributed by atoms with van der Waals surface area (Å²) in [4.78, 5) is 19.3. The van der Waals surface area contributed by atoms with Crippen molar-refractivity contribution >= 4 is 25.6 Å². The van der Waals surface area contributed by atoms with E-state index in [0.29, 0.717) is 6.61 Å². The Morgan fingerprint density at radius 1 is 1.44 bits per heavy atom. The standard InChI is InChI=1S/C10H13NO2.CHBO/c1-8(12)11-10-5-3-9(4-6-10)7-13-2;2-1-3/h3-6H,7H2,1-2H3,(H,11,12);1H. The molecule has 0 aliphatic heterocycles. The van der Waals surface area contributed by atoms with Gasteiger partial charge in [0, 0.05) is 19.7 Å². The van der Waals surface area contributed by atoms with E-state index in [1.54, 1.807) is 7.11 Å². The quantitative estimate of drug-likeness (QED) is 0.612. The highest BCUT2D eigenvalue weighted by atomic mass is 16.5. The van der Waals surface area contributed by atoms with Gasteiger partial charge in [0.1, 0.15) is 0 Å². The van der Waals surface area contributed by atoms with Crippen LogP contribution in [0, 0.1) is 0 Å². The van der Waals surface area contributed by atoms with Crippen molar-refractivity contribution in [2.75, 3.05) is 12.4 Å². The van der Waals surface area contributed by atoms with Crippen molar-refractivity contribution in [3.63, 3.8) is 0 Å². The van der Waals surface area contributed by atoms with Crippen molar-refractivity contribution in [2.45, 2.75) is 13.5 Å². The Morgan fingerprint density at radius 3 is 2.31 bits per heavy atom. The summed E-state index contributed by atoms with van der Waals surface area (Å²) >= 11 is 0. The van der Waals surface area contributed by atoms with E-state index in [4.69, 9.17) is 9.53 Å². The topological polar surface area (TPSA) is 55.4 Å². The molecule has 1 amide bonds. The molecule has 16 heavy (non-hydrogen) atoms. The number of methoxy groups -OCH3 is 1. The number of rotatable bonds is 3. The molecule has 1 N–H and O–H groups in total. The first kappa shape index (κ1) is 14.4. The highest BCUT2D eigenvalue weighted by molar-refractivity contribution is 6.48. The maximum absolute atomic E-state index is 10.7. The maximum Gasteiger partial charge on any atom is 0.221 e. The molecule has 0 unspecified atom stereocenters. The third-order valence-electron chi connectivity index (χ3n) is 1.59. The lowest BCUT2D eigenvalue weighted by molar-refractivity contribution is -0.114. The van der Waals surface area contributed by atoms with Gasteiger partial charge in [-0.2, -0.15) is 0 Å². The summed E-state index contributed by atoms with van der Waals surface area (Å²) in [5.74, 6) is -0.0560. The van der Waals surface area contributed by atoms with Crippen molar-refractivity contribution in [1.29, 1.82) is 0 Å². The molecule has 1 aromatic rings. The SMILES string of the molecule is COCc1ccc(NC(C)=O)cc1.[B]C=O. The Balaban J connectivity index is 0.000000673. The van der Waals surface area contributed by atoms with Gasteiger partial charge >= 0.3 is 0 Å². The molecule has 0 saturated heterocycles. The number of benzene rings is 1. The molecule has 84 valence electrons. The first-order chi connectivity index (χ1) is 7.63. The molecule has 1 rings (SSSR count). The van der Waals surface area contributed by atoms with Gasteiger partial charge in [-0.15, -0.1) is 0 Å². The van der Waals surface area contributed by atoms with Crippen molar-refractivity contribution < 1.29 is 14.3 Å². The molecule has 2 radical (unpaired) electrons. The van der Waals surface area contributed by atoms with Crippen molar-refractivity contribution in [1.82, 2.24) is 0 Å². The molecule has 0 bridgehead atoms. The summed E-state index contributed by atoms with van der Waals surface area (Å²) < 4.78 is 4.96. The zero-order chi connectivity index (χ0) is 12.4. The van der Waals surface area contributed by atoms with Crippen LogP contribution in [0.5, 0.6) is 0 Å². The van der Waals surface area contributed by atoms with Gasteiger partial charge in [-0.1, -0.05) is 12.1 Å². The summed E-state index contributed by atoms with van der Waals surface area (Å²) in [6.45, 7) is 2.09. The average Bonchev–Trinajstić information content (AvgIpc) is 2.22. The summed E-state index contributed by atoms with van der Waals surface area (Å²) in [7, 11) is 5.82. The molecule has 0 fully saturated rings. The molecule has 0 aliphatic carbocycles. The number of anilines is 1. The molecule has 0 spiro atoms. The lowest BCUT2D eigenvalue weighted by Crippen LogP contribution is -2.05. The predicted molar refractivity (Wildman–Crippen MR) is 64.0 cm³/mol. The second-order valence-electron chi connectivity index (χ2n) is 2.95. The van der Waals surface area contributed by atoms with E-state index in [9.17, 15) is 4.79 Å². The normalized spacial score (nSPS) is 8.62. The van der Waals surface area contributed by atoms with Gasteiger partial charge in [0.15, 0.2) is 7.85 Å². The average molecular weight is 219 g/mol. The van der Waals surface area contributed by atoms with Crippen molar-refractivity contribution in [3.8, 4) is 0 Å². The summed E-state index contributed by atoms with van der Waals surface area (Å²) in [6, 6.07) is 7.56. The smallest absolute Gasteiger partial charge is 0.221 e. The van der Waals surface area contributed by atoms with E-state index in [1.807, 2.05) is 24.3 Å². The predicted octanol–water partition coefficient (Wildman–Crippen LogP) is 1.14. The van der Waals surface area contributed by atoms with Gasteiger partial charge in [0.25, 0.3) is 0 Å². The third kappa shape index (κ3) is 6.78. The third-order valence-corrected chi connectivity index (χ3v) is 1.59. The zero-order valence-electron chi connectivity index (χ0n) is 9.40. The maximum atomic E-state index is 10.7. The van der Waals surface area contributed by atoms with Crippen LogP contribution in [0.4, 0.5) is 5.69 Å². The fourth-order valence-corrected chi connectivity index (χ4v) is 1.05. The number of hydrogen-bond donors (Lipinski definition) is 1. The molecule has 0 aliphatic rings. The Kier molecular flexibility index (Phi) is 7.80. The molecular weight excluding hydrogens is 205 g/mol. The Bertz CT molecular complexity index is 325. The van der Waals surface area contributed by atoms with E-state index < -0.39 is 0 Å². The Labute approximate surface area is 96.4 Å². The fourth-order valence-electron chi connectivity index (χ4n) is 1.05. The van der Waals surface area contributed by atoms with Gasteiger partial charge in [-0.25, -0.2) is 0 Å². The zero-order valence-corrected chi connectivity index (χ0v) is 9.40. The summed E-state index contributed by atoms with van der Waals surface area (Å²) in [6.07, 6.45) is 0.250. The first-order valence-corrected chi connectivity index (χ1v) is 4.65. The van der Waals surface area contributed by atoms with Gasteiger partial charge < -0.3 is 14.8 Å². The van der Waals surface area contributed by atoms with E-state index in [2.05, 4.69) is 13.2 Å². The minimum atomic E-state index is -0.0560. The number of ether oxygens (including phenoxy) is 1. The lowest BCUT2D eigenvalue weighted by atomic mass is 10.2. The van der Waals surface area contributed by atoms with E-state index in [-0.39, 0.29) is 12.1 Å². The largest absolute Gasteiger partial charge is 0.380 e. The number of carbonyl (C=O) groups is 2. The highest BCUT2D eigenvalue weighted by Crippen LogP contribution is 2.09. The number of nitrogens with one attached hydrogen (secondary N) is 1. The molecule has 1 aromatic carbocycles. The van der Waals surface area contributed by atoms with Gasteiger partial charge in [-0.3, -0.25) is 4.79 Å². The molecular formula is C11H14BNO3. The first-order valence-electron chi connectivity index (χ1n) is 4.65. The number of carbonyl (C=O) groups excluding carboxylic acids is 2. The van der Waals surface area contributed by atoms with E-state index in [0.717, 1.165) is 11.3 Å². The molecule has 5 heteroatoms. The lowest BCUT2D eigenvalue weighted by Gasteiger charge is -2.03. The molecule has 0 saturated carbocycles. The van der Waals surface area contributed by atoms with E-state index >= 15 is 0 Å².